The van der Waals surface area contributed by atoms with Crippen LogP contribution < -0.4 is 10.5 Å². The maximum Gasteiger partial charge on any atom is 0.244 e. The Morgan fingerprint density at radius 2 is 1.89 bits per heavy atom. The van der Waals surface area contributed by atoms with Gasteiger partial charge in [0, 0.05) is 13.1 Å². The molecule has 1 rings (SSSR count). The minimum Gasteiger partial charge on any atom is -0.329 e. The van der Waals surface area contributed by atoms with Crippen LogP contribution in [-0.2, 0) is 16.6 Å². The van der Waals surface area contributed by atoms with Crippen LogP contribution in [0.2, 0.25) is 0 Å². The highest BCUT2D eigenvalue weighted by atomic mass is 32.2. The molecule has 0 saturated carbocycles. The zero-order chi connectivity index (χ0) is 14.8. The summed E-state index contributed by atoms with van der Waals surface area (Å²) in [4.78, 5) is 0.269. The van der Waals surface area contributed by atoms with Crippen molar-refractivity contribution in [2.24, 2.45) is 11.1 Å². The third-order valence-electron chi connectivity index (χ3n) is 2.72. The van der Waals surface area contributed by atoms with Crippen LogP contribution in [0.25, 0.3) is 0 Å². The van der Waals surface area contributed by atoms with E-state index in [1.165, 1.54) is 0 Å². The van der Waals surface area contributed by atoms with Gasteiger partial charge in [-0.05, 0) is 19.3 Å². The Balaban J connectivity index is 3.08. The molecule has 19 heavy (non-hydrogen) atoms. The molecule has 1 heterocycles. The molecule has 110 valence electrons. The lowest BCUT2D eigenvalue weighted by atomic mass is 9.98. The summed E-state index contributed by atoms with van der Waals surface area (Å²) in [6, 6.07) is 0. The van der Waals surface area contributed by atoms with Crippen LogP contribution in [0.3, 0.4) is 0 Å². The van der Waals surface area contributed by atoms with Crippen molar-refractivity contribution in [3.05, 3.63) is 11.4 Å². The zero-order valence-electron chi connectivity index (χ0n) is 12.3. The predicted molar refractivity (Wildman–Crippen MR) is 75.4 cm³/mol. The molecule has 0 spiro atoms. The van der Waals surface area contributed by atoms with Crippen LogP contribution in [0.15, 0.2) is 4.90 Å². The molecular weight excluding hydrogens is 264 g/mol. The number of hydrogen-bond acceptors (Lipinski definition) is 4. The van der Waals surface area contributed by atoms with E-state index in [1.807, 2.05) is 20.8 Å². The summed E-state index contributed by atoms with van der Waals surface area (Å²) in [6.07, 6.45) is 0. The normalized spacial score (nSPS) is 12.9. The SMILES string of the molecule is Cc1nn(CCN)c(C)c1S(=O)(=O)NCC(C)(C)C. The molecule has 0 saturated heterocycles. The molecule has 0 amide bonds. The first-order valence-corrected chi connectivity index (χ1v) is 7.80. The lowest BCUT2D eigenvalue weighted by Crippen LogP contribution is -2.32. The molecule has 7 heteroatoms. The van der Waals surface area contributed by atoms with E-state index in [-0.39, 0.29) is 10.3 Å². The second-order valence-electron chi connectivity index (χ2n) is 5.90. The Kier molecular flexibility index (Phi) is 4.76. The van der Waals surface area contributed by atoms with Gasteiger partial charge >= 0.3 is 0 Å². The first kappa shape index (κ1) is 16.1. The number of nitrogens with one attached hydrogen (secondary N) is 1. The summed E-state index contributed by atoms with van der Waals surface area (Å²) in [5.41, 5.74) is 6.51. The van der Waals surface area contributed by atoms with Crippen LogP contribution in [0, 0.1) is 19.3 Å². The van der Waals surface area contributed by atoms with Crippen LogP contribution in [0.5, 0.6) is 0 Å². The van der Waals surface area contributed by atoms with E-state index in [2.05, 4.69) is 9.82 Å². The summed E-state index contributed by atoms with van der Waals surface area (Å²) >= 11 is 0. The van der Waals surface area contributed by atoms with Gasteiger partial charge < -0.3 is 5.73 Å². The summed E-state index contributed by atoms with van der Waals surface area (Å²) in [7, 11) is -3.53. The van der Waals surface area contributed by atoms with E-state index in [4.69, 9.17) is 5.73 Å². The minimum absolute atomic E-state index is 0.109. The smallest absolute Gasteiger partial charge is 0.244 e. The molecular formula is C12H24N4O2S. The molecule has 0 aromatic carbocycles. The zero-order valence-corrected chi connectivity index (χ0v) is 13.1. The van der Waals surface area contributed by atoms with Gasteiger partial charge in [-0.25, -0.2) is 13.1 Å². The fourth-order valence-corrected chi connectivity index (χ4v) is 3.48. The van der Waals surface area contributed by atoms with Crippen molar-refractivity contribution in [1.82, 2.24) is 14.5 Å². The number of nitrogens with zero attached hydrogens (tertiary/aromatic N) is 2. The van der Waals surface area contributed by atoms with E-state index < -0.39 is 10.0 Å². The maximum atomic E-state index is 12.3. The second-order valence-corrected chi connectivity index (χ2v) is 7.60. The fourth-order valence-electron chi connectivity index (χ4n) is 1.79. The molecule has 6 nitrogen and oxygen atoms in total. The van der Waals surface area contributed by atoms with Gasteiger partial charge in [0.1, 0.15) is 4.90 Å². The van der Waals surface area contributed by atoms with E-state index in [0.717, 1.165) is 0 Å². The topological polar surface area (TPSA) is 90.0 Å². The number of hydrogen-bond donors (Lipinski definition) is 2. The lowest BCUT2D eigenvalue weighted by Gasteiger charge is -2.18. The Hall–Kier alpha value is -0.920. The van der Waals surface area contributed by atoms with Crippen molar-refractivity contribution < 1.29 is 8.42 Å². The van der Waals surface area contributed by atoms with Crippen molar-refractivity contribution in [2.75, 3.05) is 13.1 Å². The Bertz CT molecular complexity index is 541. The Labute approximate surface area is 115 Å². The van der Waals surface area contributed by atoms with Gasteiger partial charge in [-0.2, -0.15) is 5.10 Å². The first-order chi connectivity index (χ1) is 8.58. The van der Waals surface area contributed by atoms with Crippen molar-refractivity contribution in [1.29, 1.82) is 0 Å². The van der Waals surface area contributed by atoms with Gasteiger partial charge in [0.05, 0.1) is 17.9 Å². The Morgan fingerprint density at radius 1 is 1.32 bits per heavy atom. The second kappa shape index (κ2) is 5.60. The van der Waals surface area contributed by atoms with Crippen LogP contribution in [0.1, 0.15) is 32.2 Å². The van der Waals surface area contributed by atoms with Gasteiger partial charge in [-0.3, -0.25) is 4.68 Å². The highest BCUT2D eigenvalue weighted by molar-refractivity contribution is 7.89. The van der Waals surface area contributed by atoms with Gasteiger partial charge in [0.25, 0.3) is 0 Å². The van der Waals surface area contributed by atoms with Gasteiger partial charge in [0.15, 0.2) is 0 Å². The van der Waals surface area contributed by atoms with Crippen LogP contribution in [0.4, 0.5) is 0 Å². The molecule has 0 atom stereocenters. The number of aryl methyl sites for hydroxylation is 1. The fraction of sp³-hybridized carbons (Fsp3) is 0.750. The standard InChI is InChI=1S/C12H24N4O2S/c1-9-11(10(2)16(15-9)7-6-13)19(17,18)14-8-12(3,4)5/h14H,6-8,13H2,1-5H3. The average molecular weight is 288 g/mol. The van der Waals surface area contributed by atoms with Crippen molar-refractivity contribution >= 4 is 10.0 Å². The van der Waals surface area contributed by atoms with Crippen LogP contribution in [-0.4, -0.2) is 31.3 Å². The molecule has 0 bridgehead atoms. The van der Waals surface area contributed by atoms with Gasteiger partial charge in [-0.1, -0.05) is 20.8 Å². The molecule has 0 unspecified atom stereocenters. The molecule has 0 aliphatic carbocycles. The first-order valence-electron chi connectivity index (χ1n) is 6.32. The number of aromatic nitrogens is 2. The highest BCUT2D eigenvalue weighted by Gasteiger charge is 2.25. The molecule has 1 aromatic heterocycles. The molecule has 0 aliphatic heterocycles. The van der Waals surface area contributed by atoms with Gasteiger partial charge in [0.2, 0.25) is 10.0 Å². The van der Waals surface area contributed by atoms with Crippen molar-refractivity contribution in [3.8, 4) is 0 Å². The third kappa shape index (κ3) is 4.02. The molecule has 0 fully saturated rings. The maximum absolute atomic E-state index is 12.3. The summed E-state index contributed by atoms with van der Waals surface area (Å²) in [5, 5.41) is 4.23. The average Bonchev–Trinajstić information content (AvgIpc) is 2.52. The summed E-state index contributed by atoms with van der Waals surface area (Å²) < 4.78 is 29.0. The van der Waals surface area contributed by atoms with Crippen molar-refractivity contribution in [2.45, 2.75) is 46.1 Å². The van der Waals surface area contributed by atoms with Gasteiger partial charge in [-0.15, -0.1) is 0 Å². The number of nitrogens with two attached hydrogens (primary N) is 1. The van der Waals surface area contributed by atoms with E-state index in [1.54, 1.807) is 18.5 Å². The van der Waals surface area contributed by atoms with E-state index in [0.29, 0.717) is 31.0 Å². The quantitative estimate of drug-likeness (QED) is 0.838. The van der Waals surface area contributed by atoms with E-state index >= 15 is 0 Å². The summed E-state index contributed by atoms with van der Waals surface area (Å²) in [6.45, 7) is 10.7. The molecule has 0 aliphatic rings. The number of sulfonamides is 1. The summed E-state index contributed by atoms with van der Waals surface area (Å²) in [5.74, 6) is 0. The van der Waals surface area contributed by atoms with Crippen molar-refractivity contribution in [3.63, 3.8) is 0 Å². The predicted octanol–water partition coefficient (Wildman–Crippen LogP) is 0.783. The highest BCUT2D eigenvalue weighted by Crippen LogP contribution is 2.20. The Morgan fingerprint density at radius 3 is 2.37 bits per heavy atom. The molecule has 3 N–H and O–H groups in total. The largest absolute Gasteiger partial charge is 0.329 e. The molecule has 0 radical (unpaired) electrons. The number of rotatable bonds is 5. The lowest BCUT2D eigenvalue weighted by molar-refractivity contribution is 0.407. The van der Waals surface area contributed by atoms with Crippen LogP contribution >= 0.6 is 0 Å². The monoisotopic (exact) mass is 288 g/mol. The van der Waals surface area contributed by atoms with E-state index in [9.17, 15) is 8.42 Å². The minimum atomic E-state index is -3.53. The molecule has 1 aromatic rings. The third-order valence-corrected chi connectivity index (χ3v) is 4.37.